The number of urea groups is 1. The van der Waals surface area contributed by atoms with Gasteiger partial charge in [-0.25, -0.2) is 14.7 Å². The maximum absolute atomic E-state index is 13.5. The molecule has 1 fully saturated rings. The highest BCUT2D eigenvalue weighted by Crippen LogP contribution is 2.36. The number of pyridine rings is 1. The Morgan fingerprint density at radius 1 is 1.15 bits per heavy atom. The highest BCUT2D eigenvalue weighted by atomic mass is 32.2. The van der Waals surface area contributed by atoms with E-state index in [2.05, 4.69) is 39.3 Å². The Hall–Kier alpha value is -3.06. The van der Waals surface area contributed by atoms with Gasteiger partial charge in [-0.15, -0.1) is 0 Å². The van der Waals surface area contributed by atoms with Gasteiger partial charge in [0.2, 0.25) is 0 Å². The molecule has 2 aromatic rings. The van der Waals surface area contributed by atoms with Crippen LogP contribution in [0.25, 0.3) is 0 Å². The van der Waals surface area contributed by atoms with Crippen molar-refractivity contribution in [1.29, 1.82) is 0 Å². The van der Waals surface area contributed by atoms with Crippen LogP contribution in [0.4, 0.5) is 22.0 Å². The van der Waals surface area contributed by atoms with E-state index in [1.807, 2.05) is 6.07 Å². The van der Waals surface area contributed by atoms with Crippen LogP contribution in [0.3, 0.4) is 0 Å². The second-order valence-corrected chi connectivity index (χ2v) is 11.6. The fraction of sp³-hybridized carbons (Fsp3) is 0.536. The van der Waals surface area contributed by atoms with Gasteiger partial charge in [-0.3, -0.25) is 14.2 Å². The normalized spacial score (nSPS) is 17.2. The van der Waals surface area contributed by atoms with Crippen LogP contribution in [0, 0.1) is 0 Å². The molecule has 0 radical (unpaired) electrons. The number of nitrogens with one attached hydrogen (secondary N) is 2. The Kier molecular flexibility index (Phi) is 11.9. The molecule has 3 heterocycles. The van der Waals surface area contributed by atoms with Crippen molar-refractivity contribution in [3.63, 3.8) is 0 Å². The first-order valence-electron chi connectivity index (χ1n) is 13.9. The summed E-state index contributed by atoms with van der Waals surface area (Å²) >= 11 is 0. The van der Waals surface area contributed by atoms with E-state index in [1.54, 1.807) is 36.5 Å². The number of amides is 3. The molecular weight excluding hydrogens is 532 g/mol. The number of nitrogens with zero attached hydrogens (tertiary/aromatic N) is 4. The number of piperidine rings is 1. The van der Waals surface area contributed by atoms with Crippen LogP contribution in [0.2, 0.25) is 0 Å². The minimum absolute atomic E-state index is 0.245. The van der Waals surface area contributed by atoms with E-state index in [4.69, 9.17) is 4.55 Å². The molecule has 4 rings (SSSR count). The quantitative estimate of drug-likeness (QED) is 0.383. The lowest BCUT2D eigenvalue weighted by molar-refractivity contribution is 0.102. The molecular formula is C28H42N6O5S. The molecule has 3 amide bonds. The lowest BCUT2D eigenvalue weighted by Gasteiger charge is -2.39. The second-order valence-electron chi connectivity index (χ2n) is 10.1. The first-order valence-corrected chi connectivity index (χ1v) is 15.8. The van der Waals surface area contributed by atoms with Crippen molar-refractivity contribution in [3.05, 3.63) is 48.2 Å². The lowest BCUT2D eigenvalue weighted by Crippen LogP contribution is -2.50. The Morgan fingerprint density at radius 3 is 2.55 bits per heavy atom. The summed E-state index contributed by atoms with van der Waals surface area (Å²) in [6, 6.07) is 10.9. The summed E-state index contributed by atoms with van der Waals surface area (Å²) in [5.41, 5.74) is 1.50. The molecule has 1 aromatic heterocycles. The van der Waals surface area contributed by atoms with E-state index in [0.717, 1.165) is 32.7 Å². The average Bonchev–Trinajstić information content (AvgIpc) is 3.03. The van der Waals surface area contributed by atoms with Gasteiger partial charge in [0.1, 0.15) is 0 Å². The van der Waals surface area contributed by atoms with E-state index in [-0.39, 0.29) is 11.9 Å². The number of rotatable bonds is 9. The molecule has 11 nitrogen and oxygen atoms in total. The van der Waals surface area contributed by atoms with Crippen LogP contribution >= 0.6 is 0 Å². The molecule has 0 saturated carbocycles. The summed E-state index contributed by atoms with van der Waals surface area (Å²) in [5.74, 6) is 0.180. The fourth-order valence-corrected chi connectivity index (χ4v) is 5.21. The van der Waals surface area contributed by atoms with Crippen LogP contribution in [-0.2, 0) is 10.1 Å². The van der Waals surface area contributed by atoms with E-state index in [1.165, 1.54) is 37.0 Å². The van der Waals surface area contributed by atoms with Crippen LogP contribution in [0.5, 0.6) is 0 Å². The summed E-state index contributed by atoms with van der Waals surface area (Å²) in [6.45, 7) is 10.3. The zero-order chi connectivity index (χ0) is 29.1. The van der Waals surface area contributed by atoms with Crippen molar-refractivity contribution in [2.75, 3.05) is 55.7 Å². The van der Waals surface area contributed by atoms with E-state index in [9.17, 15) is 18.0 Å². The first-order chi connectivity index (χ1) is 19.1. The largest absolute Gasteiger partial charge is 0.336 e. The van der Waals surface area contributed by atoms with Gasteiger partial charge >= 0.3 is 6.03 Å². The minimum Gasteiger partial charge on any atom is -0.336 e. The zero-order valence-corrected chi connectivity index (χ0v) is 24.5. The zero-order valence-electron chi connectivity index (χ0n) is 23.7. The molecule has 1 aromatic carbocycles. The molecule has 40 heavy (non-hydrogen) atoms. The van der Waals surface area contributed by atoms with Crippen molar-refractivity contribution in [2.45, 2.75) is 52.0 Å². The number of likely N-dealkylation sites (tertiary alicyclic amines) is 1. The van der Waals surface area contributed by atoms with Gasteiger partial charge < -0.3 is 15.5 Å². The molecule has 0 bridgehead atoms. The summed E-state index contributed by atoms with van der Waals surface area (Å²) < 4.78 is 25.9. The average molecular weight is 575 g/mol. The number of aromatic nitrogens is 1. The monoisotopic (exact) mass is 574 g/mol. The standard InChI is InChI=1S/C27H38N6O2.CH4O3S/c1-3-16-31(17-4-2)20-21-10-7-8-18-32(21)19-15-29-27(35)33-24-13-6-5-11-22(24)26(34)30-23-12-9-14-28-25(23)33;1-5(2,3)4/h5-6,9,11-14,21H,3-4,7-8,10,15-20H2,1-2H3,(H,29,35)(H,30,34);1H3,(H,2,3,4)/t21-;/m1./s1. The third-order valence-electron chi connectivity index (χ3n) is 6.81. The second kappa shape index (κ2) is 15.1. The molecule has 2 aliphatic rings. The molecule has 220 valence electrons. The molecule has 1 atom stereocenters. The molecule has 0 unspecified atom stereocenters. The number of hydrogen-bond acceptors (Lipinski definition) is 7. The Labute approximate surface area is 237 Å². The predicted octanol–water partition coefficient (Wildman–Crippen LogP) is 3.98. The van der Waals surface area contributed by atoms with Gasteiger partial charge in [-0.05, 0) is 69.6 Å². The molecule has 3 N–H and O–H groups in total. The van der Waals surface area contributed by atoms with Crippen LogP contribution in [0.1, 0.15) is 56.3 Å². The summed E-state index contributed by atoms with van der Waals surface area (Å²) in [4.78, 5) is 37.3. The highest BCUT2D eigenvalue weighted by Gasteiger charge is 2.30. The van der Waals surface area contributed by atoms with Gasteiger partial charge in [0.05, 0.1) is 23.2 Å². The lowest BCUT2D eigenvalue weighted by atomic mass is 10.0. The van der Waals surface area contributed by atoms with Gasteiger partial charge in [-0.2, -0.15) is 8.42 Å². The SMILES string of the molecule is CCCN(CCC)C[C@H]1CCCCN1CCNC(=O)N1c2ccccc2C(=O)Nc2cccnc21.CS(=O)(=O)O. The third kappa shape index (κ3) is 9.26. The Morgan fingerprint density at radius 2 is 1.85 bits per heavy atom. The van der Waals surface area contributed by atoms with Crippen molar-refractivity contribution in [3.8, 4) is 0 Å². The molecule has 2 aliphatic heterocycles. The summed E-state index contributed by atoms with van der Waals surface area (Å²) in [7, 11) is -3.67. The van der Waals surface area contributed by atoms with Crippen molar-refractivity contribution < 1.29 is 22.6 Å². The number of para-hydroxylation sites is 1. The highest BCUT2D eigenvalue weighted by molar-refractivity contribution is 7.85. The summed E-state index contributed by atoms with van der Waals surface area (Å²) in [5, 5.41) is 5.98. The van der Waals surface area contributed by atoms with Gasteiger partial charge in [0.15, 0.2) is 5.82 Å². The number of anilines is 3. The number of carbonyl (C=O) groups excluding carboxylic acids is 2. The van der Waals surface area contributed by atoms with Gasteiger partial charge in [0.25, 0.3) is 16.0 Å². The van der Waals surface area contributed by atoms with Gasteiger partial charge in [0, 0.05) is 31.9 Å². The number of benzene rings is 1. The minimum atomic E-state index is -3.67. The smallest absolute Gasteiger partial charge is 0.327 e. The van der Waals surface area contributed by atoms with E-state index >= 15 is 0 Å². The van der Waals surface area contributed by atoms with Crippen LogP contribution < -0.4 is 15.5 Å². The van der Waals surface area contributed by atoms with E-state index < -0.39 is 10.1 Å². The van der Waals surface area contributed by atoms with Crippen LogP contribution in [0.15, 0.2) is 42.6 Å². The fourth-order valence-electron chi connectivity index (χ4n) is 5.21. The molecule has 12 heteroatoms. The van der Waals surface area contributed by atoms with Crippen molar-refractivity contribution >= 4 is 39.2 Å². The third-order valence-corrected chi connectivity index (χ3v) is 6.81. The van der Waals surface area contributed by atoms with Gasteiger partial charge in [-0.1, -0.05) is 32.4 Å². The van der Waals surface area contributed by atoms with Crippen molar-refractivity contribution in [1.82, 2.24) is 20.1 Å². The van der Waals surface area contributed by atoms with Crippen LogP contribution in [-0.4, -0.2) is 91.3 Å². The molecule has 0 aliphatic carbocycles. The molecule has 1 saturated heterocycles. The molecule has 0 spiro atoms. The Bertz CT molecular complexity index is 1230. The van der Waals surface area contributed by atoms with Crippen molar-refractivity contribution in [2.24, 2.45) is 0 Å². The topological polar surface area (TPSA) is 135 Å². The maximum Gasteiger partial charge on any atom is 0.327 e. The Balaban J connectivity index is 0.000000810. The maximum atomic E-state index is 13.5. The summed E-state index contributed by atoms with van der Waals surface area (Å²) in [6.07, 6.45) is 8.38. The predicted molar refractivity (Wildman–Crippen MR) is 158 cm³/mol. The number of hydrogen-bond donors (Lipinski definition) is 3. The number of carbonyl (C=O) groups is 2. The first kappa shape index (κ1) is 31.5. The number of fused-ring (bicyclic) bond motifs is 2. The van der Waals surface area contributed by atoms with E-state index in [0.29, 0.717) is 41.6 Å².